The molecule has 1 atom stereocenters. The van der Waals surface area contributed by atoms with E-state index in [1.807, 2.05) is 13.8 Å². The number of anilines is 1. The summed E-state index contributed by atoms with van der Waals surface area (Å²) in [4.78, 5) is 12.8. The monoisotopic (exact) mass is 500 g/mol. The number of nitrogens with zero attached hydrogens (tertiary/aromatic N) is 3. The van der Waals surface area contributed by atoms with Gasteiger partial charge >= 0.3 is 0 Å². The minimum absolute atomic E-state index is 0. The van der Waals surface area contributed by atoms with Crippen LogP contribution in [0.1, 0.15) is 26.7 Å². The highest BCUT2D eigenvalue weighted by atomic mass is 35.5. The maximum absolute atomic E-state index is 13.5. The average Bonchev–Trinajstić information content (AvgIpc) is 2.77. The van der Waals surface area contributed by atoms with Gasteiger partial charge < -0.3 is 27.2 Å². The Morgan fingerprint density at radius 1 is 1.06 bits per heavy atom. The first-order valence-corrected chi connectivity index (χ1v) is 12.0. The second kappa shape index (κ2) is 13.3. The minimum Gasteiger partial charge on any atom is -1.00 e. The third-order valence-electron chi connectivity index (χ3n) is 4.90. The first-order chi connectivity index (χ1) is 15.2. The molecule has 184 valence electrons. The molecule has 0 heterocycles. The zero-order valence-corrected chi connectivity index (χ0v) is 20.6. The van der Waals surface area contributed by atoms with Crippen molar-refractivity contribution in [3.05, 3.63) is 58.6 Å². The van der Waals surface area contributed by atoms with Gasteiger partial charge in [0, 0.05) is 18.7 Å². The second-order valence-electron chi connectivity index (χ2n) is 7.42. The van der Waals surface area contributed by atoms with Crippen LogP contribution in [0.25, 0.3) is 0 Å². The van der Waals surface area contributed by atoms with Gasteiger partial charge in [-0.15, -0.1) is 0 Å². The van der Waals surface area contributed by atoms with Crippen molar-refractivity contribution in [1.82, 2.24) is 4.90 Å². The zero-order valence-electron chi connectivity index (χ0n) is 19.1. The fraction of sp³-hybridized carbons (Fsp3) is 0.455. The van der Waals surface area contributed by atoms with E-state index >= 15 is 0 Å². The predicted molar refractivity (Wildman–Crippen MR) is 124 cm³/mol. The topological polar surface area (TPSA) is 113 Å². The molecular weight excluding hydrogens is 470 g/mol. The lowest BCUT2D eigenvalue weighted by Gasteiger charge is -2.30. The molecule has 0 aliphatic carbocycles. The Balaban J connectivity index is 0.00000544. The summed E-state index contributed by atoms with van der Waals surface area (Å²) in [5.41, 5.74) is -0.274. The van der Waals surface area contributed by atoms with Crippen LogP contribution in [-0.4, -0.2) is 62.7 Å². The van der Waals surface area contributed by atoms with Gasteiger partial charge in [0.05, 0.1) is 29.6 Å². The van der Waals surface area contributed by atoms with Crippen LogP contribution >= 0.6 is 0 Å². The van der Waals surface area contributed by atoms with Gasteiger partial charge in [-0.1, -0.05) is 32.0 Å². The normalized spacial score (nSPS) is 12.2. The minimum atomic E-state index is -4.13. The number of sulfonamides is 1. The Kier molecular flexibility index (Phi) is 11.6. The molecule has 9 nitrogen and oxygen atoms in total. The number of nitro groups is 1. The van der Waals surface area contributed by atoms with Gasteiger partial charge in [0.15, 0.2) is 0 Å². The summed E-state index contributed by atoms with van der Waals surface area (Å²) in [6.07, 6.45) is 0.782. The summed E-state index contributed by atoms with van der Waals surface area (Å²) in [5.74, 6) is 0.154. The number of aliphatic hydroxyl groups excluding tert-OH is 1. The van der Waals surface area contributed by atoms with Gasteiger partial charge in [0.1, 0.15) is 11.4 Å². The molecule has 0 spiro atoms. The van der Waals surface area contributed by atoms with E-state index in [2.05, 4.69) is 4.90 Å². The number of aliphatic hydroxyl groups is 1. The number of nitro benzene ring substituents is 1. The number of hydrogen-bond donors (Lipinski definition) is 1. The highest BCUT2D eigenvalue weighted by Crippen LogP contribution is 2.35. The molecule has 0 aliphatic rings. The van der Waals surface area contributed by atoms with E-state index in [0.29, 0.717) is 0 Å². The number of non-ortho nitro benzene ring substituents is 1. The number of methoxy groups -OCH3 is 1. The Hall–Kier alpha value is -2.40. The van der Waals surface area contributed by atoms with Crippen molar-refractivity contribution in [3.8, 4) is 5.75 Å². The van der Waals surface area contributed by atoms with Crippen LogP contribution in [0.5, 0.6) is 5.75 Å². The van der Waals surface area contributed by atoms with Crippen LogP contribution in [0.4, 0.5) is 11.4 Å². The van der Waals surface area contributed by atoms with Crippen LogP contribution < -0.4 is 21.4 Å². The molecule has 0 fully saturated rings. The molecule has 2 aromatic carbocycles. The summed E-state index contributed by atoms with van der Waals surface area (Å²) in [5, 5.41) is 22.2. The Morgan fingerprint density at radius 2 is 1.67 bits per heavy atom. The van der Waals surface area contributed by atoms with Crippen molar-refractivity contribution in [2.75, 3.05) is 37.6 Å². The average molecular weight is 501 g/mol. The molecule has 33 heavy (non-hydrogen) atoms. The first-order valence-electron chi connectivity index (χ1n) is 10.5. The highest BCUT2D eigenvalue weighted by molar-refractivity contribution is 7.92. The molecule has 0 aromatic heterocycles. The molecule has 0 radical (unpaired) electrons. The fourth-order valence-corrected chi connectivity index (χ4v) is 5.03. The van der Waals surface area contributed by atoms with E-state index in [1.54, 1.807) is 18.2 Å². The maximum atomic E-state index is 13.5. The van der Waals surface area contributed by atoms with Gasteiger partial charge in [-0.05, 0) is 44.1 Å². The largest absolute Gasteiger partial charge is 1.00 e. The van der Waals surface area contributed by atoms with Gasteiger partial charge in [-0.2, -0.15) is 0 Å². The quantitative estimate of drug-likeness (QED) is 0.310. The number of rotatable bonds is 13. The molecule has 0 amide bonds. The lowest BCUT2D eigenvalue weighted by molar-refractivity contribution is -0.384. The van der Waals surface area contributed by atoms with E-state index in [1.165, 1.54) is 31.4 Å². The third-order valence-corrected chi connectivity index (χ3v) is 6.69. The molecule has 0 aliphatic heterocycles. The van der Waals surface area contributed by atoms with Crippen molar-refractivity contribution in [2.45, 2.75) is 37.7 Å². The first kappa shape index (κ1) is 28.6. The molecule has 0 saturated heterocycles. The Morgan fingerprint density at radius 3 is 2.18 bits per heavy atom. The molecular formula is C22H31ClN3O6S-. The van der Waals surface area contributed by atoms with E-state index in [-0.39, 0.29) is 47.5 Å². The van der Waals surface area contributed by atoms with Crippen molar-refractivity contribution in [3.63, 3.8) is 0 Å². The SMILES string of the molecule is CCCN(CCC)CC(O)CN(c1cc([N+](=O)[O-])ccc1OC)S(=O)(=O)c1ccccc1.[Cl-]. The van der Waals surface area contributed by atoms with E-state index in [4.69, 9.17) is 4.74 Å². The maximum Gasteiger partial charge on any atom is 0.271 e. The zero-order chi connectivity index (χ0) is 23.7. The van der Waals surface area contributed by atoms with Crippen LogP contribution in [0, 0.1) is 10.1 Å². The molecule has 1 unspecified atom stereocenters. The summed E-state index contributed by atoms with van der Waals surface area (Å²) < 4.78 is 33.4. The van der Waals surface area contributed by atoms with Crippen molar-refractivity contribution in [1.29, 1.82) is 0 Å². The molecule has 2 rings (SSSR count). The standard InChI is InChI=1S/C22H31N3O6S.ClH/c1-4-13-23(14-5-2)16-19(26)17-24(32(29,30)20-9-7-6-8-10-20)21-15-18(25(27)28)11-12-22(21)31-3;/h6-12,15,19,26H,4-5,13-14,16-17H2,1-3H3;1H/p-1. The van der Waals surface area contributed by atoms with Crippen LogP contribution in [0.15, 0.2) is 53.4 Å². The Bertz CT molecular complexity index is 985. The molecule has 0 saturated carbocycles. The van der Waals surface area contributed by atoms with Crippen molar-refractivity contribution >= 4 is 21.4 Å². The summed E-state index contributed by atoms with van der Waals surface area (Å²) >= 11 is 0. The van der Waals surface area contributed by atoms with Gasteiger partial charge in [0.25, 0.3) is 15.7 Å². The highest BCUT2D eigenvalue weighted by Gasteiger charge is 2.31. The van der Waals surface area contributed by atoms with Gasteiger partial charge in [0.2, 0.25) is 0 Å². The number of hydrogen-bond acceptors (Lipinski definition) is 7. The van der Waals surface area contributed by atoms with Crippen LogP contribution in [0.3, 0.4) is 0 Å². The molecule has 2 aromatic rings. The van der Waals surface area contributed by atoms with Crippen LogP contribution in [0.2, 0.25) is 0 Å². The summed E-state index contributed by atoms with van der Waals surface area (Å²) in [6, 6.07) is 11.5. The van der Waals surface area contributed by atoms with E-state index in [9.17, 15) is 23.6 Å². The third kappa shape index (κ3) is 7.56. The van der Waals surface area contributed by atoms with Gasteiger partial charge in [-0.25, -0.2) is 8.42 Å². The van der Waals surface area contributed by atoms with Crippen molar-refractivity contribution in [2.24, 2.45) is 0 Å². The van der Waals surface area contributed by atoms with Gasteiger partial charge in [-0.3, -0.25) is 14.4 Å². The number of benzene rings is 2. The van der Waals surface area contributed by atoms with Crippen LogP contribution in [-0.2, 0) is 10.0 Å². The van der Waals surface area contributed by atoms with E-state index in [0.717, 1.165) is 36.3 Å². The molecule has 11 heteroatoms. The Labute approximate surface area is 201 Å². The summed E-state index contributed by atoms with van der Waals surface area (Å²) in [7, 11) is -2.77. The summed E-state index contributed by atoms with van der Waals surface area (Å²) in [6.45, 7) is 5.62. The van der Waals surface area contributed by atoms with Crippen molar-refractivity contribution < 1.29 is 35.6 Å². The lowest BCUT2D eigenvalue weighted by atomic mass is 10.2. The van der Waals surface area contributed by atoms with E-state index < -0.39 is 21.1 Å². The number of halogens is 1. The smallest absolute Gasteiger partial charge is 0.271 e. The second-order valence-corrected chi connectivity index (χ2v) is 9.28. The predicted octanol–water partition coefficient (Wildman–Crippen LogP) is 0.286. The molecule has 1 N–H and O–H groups in total. The molecule has 0 bridgehead atoms. The fourth-order valence-electron chi connectivity index (χ4n) is 3.51. The number of ether oxygens (including phenoxy) is 1. The lowest BCUT2D eigenvalue weighted by Crippen LogP contribution is -3.00.